The van der Waals surface area contributed by atoms with E-state index in [1.807, 2.05) is 77.7 Å². The Kier molecular flexibility index (Phi) is 6.93. The summed E-state index contributed by atoms with van der Waals surface area (Å²) in [4.78, 5) is 1.93. The average Bonchev–Trinajstić information content (AvgIpc) is 3.32. The molecule has 1 heteroatoms. The van der Waals surface area contributed by atoms with Crippen molar-refractivity contribution in [2.75, 3.05) is 4.90 Å². The van der Waals surface area contributed by atoms with Gasteiger partial charge in [0.05, 0.1) is 11.2 Å². The lowest BCUT2D eigenvalue weighted by atomic mass is 9.85. The summed E-state index contributed by atoms with van der Waals surface area (Å²) in [6, 6.07) is 68.0. The van der Waals surface area contributed by atoms with Crippen molar-refractivity contribution in [3.8, 4) is 33.4 Å². The Balaban J connectivity index is 1.18. The van der Waals surface area contributed by atoms with Crippen molar-refractivity contribution >= 4 is 70.9 Å². The van der Waals surface area contributed by atoms with Crippen molar-refractivity contribution < 1.29 is 5.48 Å². The number of hydrogen-bond donors (Lipinski definition) is 0. The van der Waals surface area contributed by atoms with Gasteiger partial charge in [0.2, 0.25) is 0 Å². The van der Waals surface area contributed by atoms with E-state index >= 15 is 0 Å². The third-order valence-corrected chi connectivity index (χ3v) is 11.3. The summed E-state index contributed by atoms with van der Waals surface area (Å²) in [5, 5.41) is 10.6. The highest BCUT2D eigenvalue weighted by Gasteiger charge is 2.20. The second kappa shape index (κ2) is 13.7. The van der Waals surface area contributed by atoms with Crippen molar-refractivity contribution in [2.24, 2.45) is 0 Å². The molecule has 11 rings (SSSR count). The minimum atomic E-state index is -0.114. The zero-order valence-corrected chi connectivity index (χ0v) is 31.0. The predicted octanol–water partition coefficient (Wildman–Crippen LogP) is 15.9. The third-order valence-electron chi connectivity index (χ3n) is 11.3. The molecule has 0 unspecified atom stereocenters. The van der Waals surface area contributed by atoms with Crippen LogP contribution in [-0.4, -0.2) is 0 Å². The van der Waals surface area contributed by atoms with Crippen LogP contribution >= 0.6 is 0 Å². The Labute approximate surface area is 338 Å². The molecule has 0 saturated carbocycles. The quantitative estimate of drug-likeness (QED) is 0.154. The SMILES string of the molecule is [2H]c1c([2H])c(N(c2ccc(-c3c(-c4ccccc4)c4ccccc4c4ccccc34)cc2)c2cc3ccccc3c3ccccc23)c([2H])c([2H])c1-c1cccc2ccccc12. The van der Waals surface area contributed by atoms with Crippen LogP contribution in [0, 0.1) is 0 Å². The number of benzene rings is 11. The Hall–Kier alpha value is -7.48. The fourth-order valence-electron chi connectivity index (χ4n) is 8.73. The number of anilines is 3. The largest absolute Gasteiger partial charge is 0.310 e. The summed E-state index contributed by atoms with van der Waals surface area (Å²) in [7, 11) is 0. The molecule has 0 bridgehead atoms. The van der Waals surface area contributed by atoms with Gasteiger partial charge in [0, 0.05) is 16.8 Å². The van der Waals surface area contributed by atoms with E-state index in [0.29, 0.717) is 11.3 Å². The Morgan fingerprint density at radius 2 is 0.772 bits per heavy atom. The van der Waals surface area contributed by atoms with Crippen LogP contribution in [0.3, 0.4) is 0 Å². The van der Waals surface area contributed by atoms with E-state index in [9.17, 15) is 5.48 Å². The summed E-state index contributed by atoms with van der Waals surface area (Å²) in [6.45, 7) is 0. The van der Waals surface area contributed by atoms with Crippen molar-refractivity contribution in [3.63, 3.8) is 0 Å². The first-order chi connectivity index (χ1) is 30.0. The molecular formula is C56H37N. The highest BCUT2D eigenvalue weighted by molar-refractivity contribution is 6.22. The van der Waals surface area contributed by atoms with Gasteiger partial charge in [-0.15, -0.1) is 0 Å². The van der Waals surface area contributed by atoms with E-state index < -0.39 is 0 Å². The molecule has 0 aliphatic carbocycles. The molecule has 11 aromatic carbocycles. The first-order valence-corrected chi connectivity index (χ1v) is 19.4. The van der Waals surface area contributed by atoms with Crippen LogP contribution in [0.1, 0.15) is 5.48 Å². The summed E-state index contributed by atoms with van der Waals surface area (Å²) in [5.41, 5.74) is 7.06. The number of nitrogens with zero attached hydrogens (tertiary/aromatic N) is 1. The van der Waals surface area contributed by atoms with Gasteiger partial charge < -0.3 is 4.90 Å². The summed E-state index contributed by atoms with van der Waals surface area (Å²) in [5.74, 6) is 0. The average molecular weight is 728 g/mol. The van der Waals surface area contributed by atoms with E-state index in [0.717, 1.165) is 65.6 Å². The molecular weight excluding hydrogens is 687 g/mol. The predicted molar refractivity (Wildman–Crippen MR) is 245 cm³/mol. The van der Waals surface area contributed by atoms with Gasteiger partial charge in [-0.25, -0.2) is 0 Å². The Morgan fingerprint density at radius 3 is 1.42 bits per heavy atom. The van der Waals surface area contributed by atoms with Gasteiger partial charge in [-0.05, 0) is 112 Å². The lowest BCUT2D eigenvalue weighted by Crippen LogP contribution is -2.10. The number of hydrogen-bond acceptors (Lipinski definition) is 1. The lowest BCUT2D eigenvalue weighted by Gasteiger charge is -2.28. The van der Waals surface area contributed by atoms with Gasteiger partial charge in [-0.3, -0.25) is 0 Å². The van der Waals surface area contributed by atoms with Gasteiger partial charge in [-0.2, -0.15) is 0 Å². The van der Waals surface area contributed by atoms with E-state index in [4.69, 9.17) is 0 Å². The molecule has 0 N–H and O–H groups in total. The van der Waals surface area contributed by atoms with Crippen LogP contribution in [0.25, 0.3) is 87.2 Å². The number of fused-ring (bicyclic) bond motifs is 7. The summed E-state index contributed by atoms with van der Waals surface area (Å²) in [6.07, 6.45) is 0. The maximum absolute atomic E-state index is 9.77. The molecule has 0 saturated heterocycles. The normalized spacial score (nSPS) is 12.5. The second-order valence-corrected chi connectivity index (χ2v) is 14.5. The van der Waals surface area contributed by atoms with Gasteiger partial charge in [0.25, 0.3) is 0 Å². The molecule has 0 heterocycles. The van der Waals surface area contributed by atoms with Gasteiger partial charge in [-0.1, -0.05) is 194 Å². The highest BCUT2D eigenvalue weighted by Crippen LogP contribution is 2.47. The fourth-order valence-corrected chi connectivity index (χ4v) is 8.73. The standard InChI is InChI=1S/C56H37N/c1-2-16-40(17-3-1)55-52-26-12-9-23-49(52)50-24-10-13-27-53(50)56(55)41-31-35-44(36-32-41)57(54-37-42-18-5-7-21-47(42)48-22-8-11-25-51(48)54)43-33-29-39(30-34-43)46-28-14-19-38-15-4-6-20-45(38)46/h1-37H/i29D,30D,33D,34D. The molecule has 57 heavy (non-hydrogen) atoms. The molecule has 0 radical (unpaired) electrons. The minimum Gasteiger partial charge on any atom is -0.310 e. The Morgan fingerprint density at radius 1 is 0.298 bits per heavy atom. The first kappa shape index (κ1) is 28.9. The maximum atomic E-state index is 9.77. The molecule has 0 spiro atoms. The summed E-state index contributed by atoms with van der Waals surface area (Å²) < 4.78 is 38.7. The fraction of sp³-hybridized carbons (Fsp3) is 0. The minimum absolute atomic E-state index is 0.0887. The zero-order valence-electron chi connectivity index (χ0n) is 35.0. The van der Waals surface area contributed by atoms with Gasteiger partial charge in [0.1, 0.15) is 0 Å². The van der Waals surface area contributed by atoms with Crippen LogP contribution in [0.5, 0.6) is 0 Å². The molecule has 11 aromatic rings. The van der Waals surface area contributed by atoms with Gasteiger partial charge >= 0.3 is 0 Å². The van der Waals surface area contributed by atoms with Crippen molar-refractivity contribution in [3.05, 3.63) is 224 Å². The maximum Gasteiger partial charge on any atom is 0.0645 e. The van der Waals surface area contributed by atoms with Crippen LogP contribution < -0.4 is 4.90 Å². The smallest absolute Gasteiger partial charge is 0.0645 e. The van der Waals surface area contributed by atoms with Crippen LogP contribution in [0.4, 0.5) is 17.1 Å². The molecule has 266 valence electrons. The van der Waals surface area contributed by atoms with E-state index in [1.165, 1.54) is 16.2 Å². The first-order valence-electron chi connectivity index (χ1n) is 21.4. The topological polar surface area (TPSA) is 3.24 Å². The third kappa shape index (κ3) is 5.55. The van der Waals surface area contributed by atoms with Crippen molar-refractivity contribution in [2.45, 2.75) is 0 Å². The van der Waals surface area contributed by atoms with E-state index in [1.54, 1.807) is 0 Å². The molecule has 0 aliphatic heterocycles. The highest BCUT2D eigenvalue weighted by atomic mass is 15.1. The number of rotatable bonds is 6. The zero-order chi connectivity index (χ0) is 41.2. The van der Waals surface area contributed by atoms with Crippen molar-refractivity contribution in [1.29, 1.82) is 0 Å². The molecule has 1 nitrogen and oxygen atoms in total. The second-order valence-electron chi connectivity index (χ2n) is 14.5. The molecule has 0 fully saturated rings. The van der Waals surface area contributed by atoms with Crippen LogP contribution in [0.15, 0.2) is 224 Å². The molecule has 0 atom stereocenters. The van der Waals surface area contributed by atoms with E-state index in [2.05, 4.69) is 127 Å². The lowest BCUT2D eigenvalue weighted by molar-refractivity contribution is 1.30. The molecule has 0 aliphatic rings. The monoisotopic (exact) mass is 727 g/mol. The molecule has 0 aromatic heterocycles. The van der Waals surface area contributed by atoms with Crippen LogP contribution in [-0.2, 0) is 0 Å². The summed E-state index contributed by atoms with van der Waals surface area (Å²) >= 11 is 0. The van der Waals surface area contributed by atoms with Crippen LogP contribution in [0.2, 0.25) is 0 Å². The van der Waals surface area contributed by atoms with Gasteiger partial charge in [0.15, 0.2) is 0 Å². The molecule has 0 amide bonds. The Bertz CT molecular complexity index is 3490. The van der Waals surface area contributed by atoms with Crippen molar-refractivity contribution in [1.82, 2.24) is 0 Å². The van der Waals surface area contributed by atoms with E-state index in [-0.39, 0.29) is 35.4 Å².